The van der Waals surface area contributed by atoms with Crippen LogP contribution in [0, 0.1) is 5.92 Å². The summed E-state index contributed by atoms with van der Waals surface area (Å²) in [4.78, 5) is 18.9. The Balaban J connectivity index is 1.87. The van der Waals surface area contributed by atoms with E-state index in [1.54, 1.807) is 6.07 Å². The Labute approximate surface area is 114 Å². The van der Waals surface area contributed by atoms with Crippen molar-refractivity contribution < 1.29 is 4.79 Å². The molecule has 1 saturated carbocycles. The minimum atomic E-state index is 0.128. The second-order valence-corrected chi connectivity index (χ2v) is 6.15. The van der Waals surface area contributed by atoms with Gasteiger partial charge in [-0.3, -0.25) is 4.79 Å². The first-order valence-corrected chi connectivity index (χ1v) is 7.13. The van der Waals surface area contributed by atoms with Gasteiger partial charge < -0.3 is 10.6 Å². The van der Waals surface area contributed by atoms with Crippen LogP contribution in [-0.4, -0.2) is 28.4 Å². The van der Waals surface area contributed by atoms with Crippen molar-refractivity contribution >= 4 is 11.7 Å². The number of nitrogen functional groups attached to an aromatic ring is 1. The van der Waals surface area contributed by atoms with E-state index in [0.29, 0.717) is 17.4 Å². The number of piperidine rings is 1. The Morgan fingerprint density at radius 1 is 1.42 bits per heavy atom. The lowest BCUT2D eigenvalue weighted by atomic mass is 10.1. The number of nitrogens with zero attached hydrogens (tertiary/aromatic N) is 2. The van der Waals surface area contributed by atoms with Crippen LogP contribution >= 0.6 is 0 Å². The lowest BCUT2D eigenvalue weighted by Gasteiger charge is -2.27. The molecule has 1 aliphatic heterocycles. The van der Waals surface area contributed by atoms with E-state index >= 15 is 0 Å². The SMILES string of the molecule is CC(C)c1cc(C(=O)N2CC3CCC2C3)cc(N)n1. The summed E-state index contributed by atoms with van der Waals surface area (Å²) in [5.41, 5.74) is 7.42. The molecule has 1 aromatic heterocycles. The van der Waals surface area contributed by atoms with Gasteiger partial charge in [-0.25, -0.2) is 4.98 Å². The molecule has 0 radical (unpaired) electrons. The Morgan fingerprint density at radius 2 is 2.21 bits per heavy atom. The molecule has 2 bridgehead atoms. The zero-order valence-corrected chi connectivity index (χ0v) is 11.6. The molecule has 2 fully saturated rings. The number of fused-ring (bicyclic) bond motifs is 2. The van der Waals surface area contributed by atoms with Crippen molar-refractivity contribution in [2.45, 2.75) is 45.1 Å². The van der Waals surface area contributed by atoms with Crippen LogP contribution in [0.25, 0.3) is 0 Å². The standard InChI is InChI=1S/C15H21N3O/c1-9(2)13-6-11(7-14(16)17-13)15(19)18-8-10-3-4-12(18)5-10/h6-7,9-10,12H,3-5,8H2,1-2H3,(H2,16,17). The fourth-order valence-electron chi connectivity index (χ4n) is 3.33. The Bertz CT molecular complexity index is 512. The number of carbonyl (C=O) groups excluding carboxylic acids is 1. The lowest BCUT2D eigenvalue weighted by Crippen LogP contribution is -2.37. The van der Waals surface area contributed by atoms with E-state index in [1.807, 2.05) is 11.0 Å². The predicted octanol–water partition coefficient (Wildman–Crippen LogP) is 2.41. The summed E-state index contributed by atoms with van der Waals surface area (Å²) in [5.74, 6) is 1.57. The van der Waals surface area contributed by atoms with Crippen molar-refractivity contribution in [2.75, 3.05) is 12.3 Å². The van der Waals surface area contributed by atoms with Gasteiger partial charge in [0.05, 0.1) is 0 Å². The molecule has 1 saturated heterocycles. The highest BCUT2D eigenvalue weighted by Gasteiger charge is 2.40. The third-order valence-corrected chi connectivity index (χ3v) is 4.37. The van der Waals surface area contributed by atoms with Crippen LogP contribution in [0.4, 0.5) is 5.82 Å². The maximum atomic E-state index is 12.6. The van der Waals surface area contributed by atoms with Crippen molar-refractivity contribution in [1.29, 1.82) is 0 Å². The van der Waals surface area contributed by atoms with Gasteiger partial charge in [-0.15, -0.1) is 0 Å². The first kappa shape index (κ1) is 12.5. The molecule has 2 unspecified atom stereocenters. The minimum absolute atomic E-state index is 0.128. The van der Waals surface area contributed by atoms with Crippen LogP contribution in [0.3, 0.4) is 0 Å². The van der Waals surface area contributed by atoms with E-state index in [2.05, 4.69) is 18.8 Å². The van der Waals surface area contributed by atoms with Crippen LogP contribution in [-0.2, 0) is 0 Å². The van der Waals surface area contributed by atoms with Crippen molar-refractivity contribution in [2.24, 2.45) is 5.92 Å². The summed E-state index contributed by atoms with van der Waals surface area (Å²) in [6.07, 6.45) is 3.63. The number of hydrogen-bond acceptors (Lipinski definition) is 3. The number of carbonyl (C=O) groups is 1. The van der Waals surface area contributed by atoms with Crippen molar-refractivity contribution in [3.8, 4) is 0 Å². The molecule has 0 spiro atoms. The summed E-state index contributed by atoms with van der Waals surface area (Å²) in [5, 5.41) is 0. The van der Waals surface area contributed by atoms with E-state index in [-0.39, 0.29) is 11.8 Å². The highest BCUT2D eigenvalue weighted by Crippen LogP contribution is 2.38. The van der Waals surface area contributed by atoms with Gasteiger partial charge in [0.1, 0.15) is 5.82 Å². The van der Waals surface area contributed by atoms with Gasteiger partial charge in [0, 0.05) is 23.8 Å². The average Bonchev–Trinajstić information content (AvgIpc) is 2.99. The molecule has 1 aliphatic carbocycles. The van der Waals surface area contributed by atoms with Gasteiger partial charge in [0.15, 0.2) is 0 Å². The summed E-state index contributed by atoms with van der Waals surface area (Å²) in [6.45, 7) is 5.05. The zero-order valence-electron chi connectivity index (χ0n) is 11.6. The highest BCUT2D eigenvalue weighted by molar-refractivity contribution is 5.95. The maximum Gasteiger partial charge on any atom is 0.254 e. The Morgan fingerprint density at radius 3 is 2.79 bits per heavy atom. The predicted molar refractivity (Wildman–Crippen MR) is 74.9 cm³/mol. The van der Waals surface area contributed by atoms with Crippen molar-refractivity contribution in [3.63, 3.8) is 0 Å². The van der Waals surface area contributed by atoms with Gasteiger partial charge in [-0.05, 0) is 43.2 Å². The van der Waals surface area contributed by atoms with Crippen LogP contribution in [0.5, 0.6) is 0 Å². The van der Waals surface area contributed by atoms with E-state index in [9.17, 15) is 4.79 Å². The molecule has 4 nitrogen and oxygen atoms in total. The van der Waals surface area contributed by atoms with Gasteiger partial charge in [0.25, 0.3) is 5.91 Å². The molecular formula is C15H21N3O. The van der Waals surface area contributed by atoms with Gasteiger partial charge in [0.2, 0.25) is 0 Å². The van der Waals surface area contributed by atoms with Crippen LogP contribution < -0.4 is 5.73 Å². The summed E-state index contributed by atoms with van der Waals surface area (Å²) in [7, 11) is 0. The van der Waals surface area contributed by atoms with Crippen molar-refractivity contribution in [3.05, 3.63) is 23.4 Å². The van der Waals surface area contributed by atoms with E-state index in [4.69, 9.17) is 5.73 Å². The first-order valence-electron chi connectivity index (χ1n) is 7.13. The van der Waals surface area contributed by atoms with Crippen molar-refractivity contribution in [1.82, 2.24) is 9.88 Å². The average molecular weight is 259 g/mol. The first-order chi connectivity index (χ1) is 9.04. The second kappa shape index (κ2) is 4.51. The number of aromatic nitrogens is 1. The second-order valence-electron chi connectivity index (χ2n) is 6.15. The quantitative estimate of drug-likeness (QED) is 0.887. The smallest absolute Gasteiger partial charge is 0.254 e. The fourth-order valence-corrected chi connectivity index (χ4v) is 3.33. The molecule has 2 aliphatic rings. The molecule has 0 aromatic carbocycles. The minimum Gasteiger partial charge on any atom is -0.384 e. The molecule has 2 N–H and O–H groups in total. The van der Waals surface area contributed by atoms with Crippen LogP contribution in [0.1, 0.15) is 55.1 Å². The van der Waals surface area contributed by atoms with Gasteiger partial charge >= 0.3 is 0 Å². The normalized spacial score (nSPS) is 25.3. The summed E-state index contributed by atoms with van der Waals surface area (Å²) in [6, 6.07) is 4.06. The number of anilines is 1. The highest BCUT2D eigenvalue weighted by atomic mass is 16.2. The molecular weight excluding hydrogens is 238 g/mol. The number of hydrogen-bond donors (Lipinski definition) is 1. The topological polar surface area (TPSA) is 59.2 Å². The molecule has 1 amide bonds. The lowest BCUT2D eigenvalue weighted by molar-refractivity contribution is 0.0703. The molecule has 3 rings (SSSR count). The third-order valence-electron chi connectivity index (χ3n) is 4.37. The number of likely N-dealkylation sites (tertiary alicyclic amines) is 1. The van der Waals surface area contributed by atoms with E-state index < -0.39 is 0 Å². The number of amides is 1. The summed E-state index contributed by atoms with van der Waals surface area (Å²) >= 11 is 0. The zero-order chi connectivity index (χ0) is 13.6. The number of nitrogens with two attached hydrogens (primary N) is 1. The van der Waals surface area contributed by atoms with Crippen LogP contribution in [0.15, 0.2) is 12.1 Å². The molecule has 19 heavy (non-hydrogen) atoms. The van der Waals surface area contributed by atoms with Gasteiger partial charge in [-0.2, -0.15) is 0 Å². The molecule has 4 heteroatoms. The molecule has 1 aromatic rings. The maximum absolute atomic E-state index is 12.6. The van der Waals surface area contributed by atoms with Gasteiger partial charge in [-0.1, -0.05) is 13.8 Å². The largest absolute Gasteiger partial charge is 0.384 e. The molecule has 2 heterocycles. The van der Waals surface area contributed by atoms with E-state index in [0.717, 1.165) is 24.6 Å². The molecule has 2 atom stereocenters. The Kier molecular flexibility index (Phi) is 2.96. The third kappa shape index (κ3) is 2.20. The van der Waals surface area contributed by atoms with Crippen LogP contribution in [0.2, 0.25) is 0 Å². The Hall–Kier alpha value is -1.58. The van der Waals surface area contributed by atoms with E-state index in [1.165, 1.54) is 12.8 Å². The summed E-state index contributed by atoms with van der Waals surface area (Å²) < 4.78 is 0. The fraction of sp³-hybridized carbons (Fsp3) is 0.600. The molecule has 102 valence electrons. The monoisotopic (exact) mass is 259 g/mol. The number of pyridine rings is 1. The number of rotatable bonds is 2.